The Morgan fingerprint density at radius 1 is 1.47 bits per heavy atom. The minimum Gasteiger partial charge on any atom is -0.373 e. The third-order valence-electron chi connectivity index (χ3n) is 2.87. The fourth-order valence-electron chi connectivity index (χ4n) is 1.98. The molecule has 1 fully saturated rings. The summed E-state index contributed by atoms with van der Waals surface area (Å²) < 4.78 is 23.0. The van der Waals surface area contributed by atoms with Gasteiger partial charge in [-0.15, -0.1) is 0 Å². The summed E-state index contributed by atoms with van der Waals surface area (Å²) in [5.41, 5.74) is 0. The number of nitrogens with zero attached hydrogens (tertiary/aromatic N) is 3. The van der Waals surface area contributed by atoms with Gasteiger partial charge in [-0.05, 0) is 6.92 Å². The normalized spacial score (nSPS) is 23.4. The molecule has 1 unspecified atom stereocenters. The Morgan fingerprint density at radius 2 is 2.24 bits per heavy atom. The van der Waals surface area contributed by atoms with Gasteiger partial charge in [-0.3, -0.25) is 0 Å². The van der Waals surface area contributed by atoms with Crippen molar-refractivity contribution in [1.29, 1.82) is 0 Å². The first-order valence-corrected chi connectivity index (χ1v) is 7.31. The van der Waals surface area contributed by atoms with Gasteiger partial charge < -0.3 is 10.2 Å². The van der Waals surface area contributed by atoms with Crippen LogP contribution in [-0.2, 0) is 9.84 Å². The molecule has 0 saturated carbocycles. The van der Waals surface area contributed by atoms with E-state index < -0.39 is 9.84 Å². The Kier molecular flexibility index (Phi) is 3.19. The quantitative estimate of drug-likeness (QED) is 0.811. The number of aromatic nitrogens is 2. The van der Waals surface area contributed by atoms with Crippen molar-refractivity contribution in [2.75, 3.05) is 35.3 Å². The lowest BCUT2D eigenvalue weighted by Crippen LogP contribution is -2.47. The molecule has 0 aromatic carbocycles. The Bertz CT molecular complexity index is 503. The van der Waals surface area contributed by atoms with Crippen LogP contribution in [0.4, 0.5) is 11.6 Å². The predicted octanol–water partition coefficient (Wildman–Crippen LogP) is 0.142. The van der Waals surface area contributed by atoms with Crippen LogP contribution < -0.4 is 10.2 Å². The van der Waals surface area contributed by atoms with Crippen molar-refractivity contribution in [2.24, 2.45) is 0 Å². The van der Waals surface area contributed by atoms with Crippen molar-refractivity contribution >= 4 is 21.5 Å². The van der Waals surface area contributed by atoms with Crippen LogP contribution >= 0.6 is 0 Å². The van der Waals surface area contributed by atoms with E-state index in [4.69, 9.17) is 0 Å². The van der Waals surface area contributed by atoms with Crippen LogP contribution in [0, 0.1) is 0 Å². The highest BCUT2D eigenvalue weighted by Crippen LogP contribution is 2.20. The van der Waals surface area contributed by atoms with E-state index >= 15 is 0 Å². The van der Waals surface area contributed by atoms with Gasteiger partial charge in [0.2, 0.25) is 0 Å². The fraction of sp³-hybridized carbons (Fsp3) is 0.600. The van der Waals surface area contributed by atoms with E-state index in [0.29, 0.717) is 6.54 Å². The van der Waals surface area contributed by atoms with Crippen molar-refractivity contribution in [3.63, 3.8) is 0 Å². The Labute approximate surface area is 101 Å². The molecule has 6 nitrogen and oxygen atoms in total. The maximum absolute atomic E-state index is 11.5. The molecule has 0 amide bonds. The first-order valence-electron chi connectivity index (χ1n) is 5.49. The Hall–Kier alpha value is -1.37. The maximum Gasteiger partial charge on any atom is 0.154 e. The van der Waals surface area contributed by atoms with Crippen LogP contribution in [0.5, 0.6) is 0 Å². The third kappa shape index (κ3) is 2.66. The summed E-state index contributed by atoms with van der Waals surface area (Å²) in [5.74, 6) is 1.88. The van der Waals surface area contributed by atoms with Crippen LogP contribution in [0.2, 0.25) is 0 Å². The average Bonchev–Trinajstić information content (AvgIpc) is 2.28. The molecule has 1 N–H and O–H groups in total. The molecular weight excluding hydrogens is 240 g/mol. The lowest BCUT2D eigenvalue weighted by Gasteiger charge is -2.34. The monoisotopic (exact) mass is 256 g/mol. The van der Waals surface area contributed by atoms with E-state index in [-0.39, 0.29) is 17.5 Å². The predicted molar refractivity (Wildman–Crippen MR) is 67.0 cm³/mol. The summed E-state index contributed by atoms with van der Waals surface area (Å²) in [4.78, 5) is 10.2. The summed E-state index contributed by atoms with van der Waals surface area (Å²) in [6.45, 7) is 2.39. The SMILES string of the molecule is CNc1cc(N2CCS(=O)(=O)CC2C)ncn1. The Morgan fingerprint density at radius 3 is 2.88 bits per heavy atom. The lowest BCUT2D eigenvalue weighted by molar-refractivity contribution is 0.567. The molecule has 1 atom stereocenters. The van der Waals surface area contributed by atoms with Gasteiger partial charge in [0.15, 0.2) is 9.84 Å². The molecule has 0 radical (unpaired) electrons. The first kappa shape index (κ1) is 12.1. The highest BCUT2D eigenvalue weighted by Gasteiger charge is 2.28. The van der Waals surface area contributed by atoms with Gasteiger partial charge in [-0.2, -0.15) is 0 Å². The summed E-state index contributed by atoms with van der Waals surface area (Å²) >= 11 is 0. The molecule has 2 heterocycles. The van der Waals surface area contributed by atoms with Crippen LogP contribution in [-0.4, -0.2) is 49.5 Å². The van der Waals surface area contributed by atoms with Crippen molar-refractivity contribution in [2.45, 2.75) is 13.0 Å². The zero-order chi connectivity index (χ0) is 12.5. The molecule has 1 aliphatic heterocycles. The molecule has 0 bridgehead atoms. The lowest BCUT2D eigenvalue weighted by atomic mass is 10.3. The Balaban J connectivity index is 2.23. The topological polar surface area (TPSA) is 75.2 Å². The molecular formula is C10H16N4O2S. The second kappa shape index (κ2) is 4.48. The van der Waals surface area contributed by atoms with Crippen molar-refractivity contribution in [3.8, 4) is 0 Å². The second-order valence-corrected chi connectivity index (χ2v) is 6.40. The highest BCUT2D eigenvalue weighted by atomic mass is 32.2. The zero-order valence-electron chi connectivity index (χ0n) is 9.92. The minimum absolute atomic E-state index is 0.0478. The number of hydrogen-bond acceptors (Lipinski definition) is 6. The number of anilines is 2. The molecule has 94 valence electrons. The first-order chi connectivity index (χ1) is 8.02. The van der Waals surface area contributed by atoms with Gasteiger partial charge in [0, 0.05) is 25.7 Å². The molecule has 1 aromatic heterocycles. The number of nitrogens with one attached hydrogen (secondary N) is 1. The van der Waals surface area contributed by atoms with Gasteiger partial charge in [0.05, 0.1) is 11.5 Å². The van der Waals surface area contributed by atoms with Crippen LogP contribution in [0.25, 0.3) is 0 Å². The van der Waals surface area contributed by atoms with E-state index in [1.807, 2.05) is 17.9 Å². The molecule has 1 aromatic rings. The summed E-state index contributed by atoms with van der Waals surface area (Å²) in [6.07, 6.45) is 1.48. The molecule has 0 aliphatic carbocycles. The molecule has 7 heteroatoms. The van der Waals surface area contributed by atoms with Gasteiger partial charge in [-0.25, -0.2) is 18.4 Å². The smallest absolute Gasteiger partial charge is 0.154 e. The maximum atomic E-state index is 11.5. The van der Waals surface area contributed by atoms with Crippen molar-refractivity contribution < 1.29 is 8.42 Å². The van der Waals surface area contributed by atoms with Gasteiger partial charge in [0.25, 0.3) is 0 Å². The van der Waals surface area contributed by atoms with E-state index in [1.165, 1.54) is 6.33 Å². The summed E-state index contributed by atoms with van der Waals surface area (Å²) in [7, 11) is -1.10. The standard InChI is InChI=1S/C10H16N4O2S/c1-8-6-17(15,16)4-3-14(8)10-5-9(11-2)12-7-13-10/h5,7-8H,3-4,6H2,1-2H3,(H,11,12,13). The van der Waals surface area contributed by atoms with E-state index in [0.717, 1.165) is 11.6 Å². The second-order valence-electron chi connectivity index (χ2n) is 4.17. The summed E-state index contributed by atoms with van der Waals surface area (Å²) in [5, 5.41) is 2.94. The van der Waals surface area contributed by atoms with Gasteiger partial charge >= 0.3 is 0 Å². The number of hydrogen-bond donors (Lipinski definition) is 1. The van der Waals surface area contributed by atoms with Crippen LogP contribution in [0.3, 0.4) is 0 Å². The fourth-order valence-corrected chi connectivity index (χ4v) is 3.54. The van der Waals surface area contributed by atoms with E-state index in [1.54, 1.807) is 7.05 Å². The van der Waals surface area contributed by atoms with E-state index in [9.17, 15) is 8.42 Å². The minimum atomic E-state index is -2.89. The molecule has 0 spiro atoms. The van der Waals surface area contributed by atoms with E-state index in [2.05, 4.69) is 15.3 Å². The van der Waals surface area contributed by atoms with Crippen LogP contribution in [0.15, 0.2) is 12.4 Å². The number of rotatable bonds is 2. The number of sulfone groups is 1. The zero-order valence-corrected chi connectivity index (χ0v) is 10.7. The van der Waals surface area contributed by atoms with Gasteiger partial charge in [0.1, 0.15) is 18.0 Å². The molecule has 2 rings (SSSR count). The molecule has 1 aliphatic rings. The molecule has 17 heavy (non-hydrogen) atoms. The van der Waals surface area contributed by atoms with Crippen molar-refractivity contribution in [1.82, 2.24) is 9.97 Å². The van der Waals surface area contributed by atoms with Crippen molar-refractivity contribution in [3.05, 3.63) is 12.4 Å². The summed E-state index contributed by atoms with van der Waals surface area (Å²) in [6, 6.07) is 1.78. The highest BCUT2D eigenvalue weighted by molar-refractivity contribution is 7.91. The van der Waals surface area contributed by atoms with Gasteiger partial charge in [-0.1, -0.05) is 0 Å². The third-order valence-corrected chi connectivity index (χ3v) is 4.67. The average molecular weight is 256 g/mol. The largest absolute Gasteiger partial charge is 0.373 e. The molecule has 1 saturated heterocycles. The van der Waals surface area contributed by atoms with Crippen LogP contribution in [0.1, 0.15) is 6.92 Å².